The maximum absolute atomic E-state index is 9.71. The molecule has 0 radical (unpaired) electrons. The number of benzene rings is 1. The molecular formula is C10H13NO3. The largest absolute Gasteiger partial charge is 0.454 e. The second-order valence-corrected chi connectivity index (χ2v) is 3.42. The molecule has 0 bridgehead atoms. The first-order chi connectivity index (χ1) is 6.68. The fraction of sp³-hybridized carbons (Fsp3) is 0.400. The van der Waals surface area contributed by atoms with Crippen LogP contribution in [0.15, 0.2) is 18.2 Å². The van der Waals surface area contributed by atoms with Gasteiger partial charge in [0.25, 0.3) is 0 Å². The van der Waals surface area contributed by atoms with E-state index in [0.29, 0.717) is 11.5 Å². The standard InChI is InChI=1S/C10H13NO3/c1-6(11)10(12)7-2-3-8-9(4-7)14-5-13-8/h2-4,6,10,12H,5,11H2,1H3/t6-,10+/m1/s1. The van der Waals surface area contributed by atoms with Gasteiger partial charge in [-0.05, 0) is 24.6 Å². The zero-order chi connectivity index (χ0) is 10.1. The van der Waals surface area contributed by atoms with Crippen molar-refractivity contribution in [3.8, 4) is 11.5 Å². The van der Waals surface area contributed by atoms with Crippen molar-refractivity contribution in [3.05, 3.63) is 23.8 Å². The highest BCUT2D eigenvalue weighted by Gasteiger charge is 2.18. The fourth-order valence-corrected chi connectivity index (χ4v) is 1.40. The van der Waals surface area contributed by atoms with Crippen molar-refractivity contribution >= 4 is 0 Å². The van der Waals surface area contributed by atoms with Crippen molar-refractivity contribution in [2.24, 2.45) is 5.73 Å². The molecule has 0 aromatic heterocycles. The first-order valence-corrected chi connectivity index (χ1v) is 4.51. The van der Waals surface area contributed by atoms with Crippen LogP contribution in [0.5, 0.6) is 11.5 Å². The average molecular weight is 195 g/mol. The molecule has 0 spiro atoms. The molecular weight excluding hydrogens is 182 g/mol. The minimum atomic E-state index is -0.663. The van der Waals surface area contributed by atoms with E-state index in [1.54, 1.807) is 25.1 Å². The lowest BCUT2D eigenvalue weighted by atomic mass is 10.0. The van der Waals surface area contributed by atoms with Crippen LogP contribution in [0.3, 0.4) is 0 Å². The molecule has 0 amide bonds. The quantitative estimate of drug-likeness (QED) is 0.732. The smallest absolute Gasteiger partial charge is 0.231 e. The molecule has 2 rings (SSSR count). The Labute approximate surface area is 82.2 Å². The summed E-state index contributed by atoms with van der Waals surface area (Å²) in [6, 6.07) is 5.04. The summed E-state index contributed by atoms with van der Waals surface area (Å²) in [6.07, 6.45) is -0.663. The molecule has 1 aromatic rings. The van der Waals surface area contributed by atoms with E-state index in [2.05, 4.69) is 0 Å². The number of hydrogen-bond donors (Lipinski definition) is 2. The molecule has 4 heteroatoms. The number of aliphatic hydroxyl groups is 1. The van der Waals surface area contributed by atoms with Gasteiger partial charge in [-0.3, -0.25) is 0 Å². The number of ether oxygens (including phenoxy) is 2. The van der Waals surface area contributed by atoms with Gasteiger partial charge in [0.2, 0.25) is 6.79 Å². The van der Waals surface area contributed by atoms with Crippen LogP contribution >= 0.6 is 0 Å². The Kier molecular flexibility index (Phi) is 2.31. The van der Waals surface area contributed by atoms with Gasteiger partial charge < -0.3 is 20.3 Å². The van der Waals surface area contributed by atoms with Crippen molar-refractivity contribution in [2.75, 3.05) is 6.79 Å². The molecule has 14 heavy (non-hydrogen) atoms. The molecule has 2 atom stereocenters. The van der Waals surface area contributed by atoms with E-state index >= 15 is 0 Å². The maximum atomic E-state index is 9.71. The topological polar surface area (TPSA) is 64.7 Å². The molecule has 4 nitrogen and oxygen atoms in total. The minimum absolute atomic E-state index is 0.243. The Bertz CT molecular complexity index is 338. The first-order valence-electron chi connectivity index (χ1n) is 4.51. The second-order valence-electron chi connectivity index (χ2n) is 3.42. The molecule has 0 unspecified atom stereocenters. The van der Waals surface area contributed by atoms with E-state index in [1.807, 2.05) is 0 Å². The lowest BCUT2D eigenvalue weighted by Crippen LogP contribution is -2.24. The van der Waals surface area contributed by atoms with Gasteiger partial charge in [-0.15, -0.1) is 0 Å². The van der Waals surface area contributed by atoms with Gasteiger partial charge in [-0.2, -0.15) is 0 Å². The highest BCUT2D eigenvalue weighted by molar-refractivity contribution is 5.45. The van der Waals surface area contributed by atoms with Crippen LogP contribution in [-0.2, 0) is 0 Å². The van der Waals surface area contributed by atoms with Crippen molar-refractivity contribution in [3.63, 3.8) is 0 Å². The third-order valence-electron chi connectivity index (χ3n) is 2.24. The zero-order valence-corrected chi connectivity index (χ0v) is 7.93. The third kappa shape index (κ3) is 1.54. The Morgan fingerprint density at radius 1 is 1.36 bits per heavy atom. The van der Waals surface area contributed by atoms with Crippen LogP contribution in [0.1, 0.15) is 18.6 Å². The van der Waals surface area contributed by atoms with E-state index in [0.717, 1.165) is 5.56 Å². The van der Waals surface area contributed by atoms with Crippen LogP contribution in [0.2, 0.25) is 0 Å². The monoisotopic (exact) mass is 195 g/mol. The van der Waals surface area contributed by atoms with Crippen molar-refractivity contribution in [2.45, 2.75) is 19.1 Å². The van der Waals surface area contributed by atoms with E-state index in [4.69, 9.17) is 15.2 Å². The zero-order valence-electron chi connectivity index (χ0n) is 7.93. The summed E-state index contributed by atoms with van der Waals surface area (Å²) in [7, 11) is 0. The Morgan fingerprint density at radius 3 is 2.79 bits per heavy atom. The molecule has 76 valence electrons. The lowest BCUT2D eigenvalue weighted by Gasteiger charge is -2.14. The van der Waals surface area contributed by atoms with Crippen LogP contribution in [-0.4, -0.2) is 17.9 Å². The number of fused-ring (bicyclic) bond motifs is 1. The summed E-state index contributed by atoms with van der Waals surface area (Å²) in [5.41, 5.74) is 6.35. The van der Waals surface area contributed by atoms with Gasteiger partial charge in [-0.25, -0.2) is 0 Å². The highest BCUT2D eigenvalue weighted by Crippen LogP contribution is 2.34. The molecule has 1 heterocycles. The fourth-order valence-electron chi connectivity index (χ4n) is 1.40. The van der Waals surface area contributed by atoms with Crippen molar-refractivity contribution in [1.29, 1.82) is 0 Å². The van der Waals surface area contributed by atoms with Gasteiger partial charge >= 0.3 is 0 Å². The van der Waals surface area contributed by atoms with Crippen molar-refractivity contribution < 1.29 is 14.6 Å². The van der Waals surface area contributed by atoms with E-state index in [9.17, 15) is 5.11 Å². The normalized spacial score (nSPS) is 17.9. The summed E-state index contributed by atoms with van der Waals surface area (Å²) in [6.45, 7) is 2.00. The second kappa shape index (κ2) is 3.48. The minimum Gasteiger partial charge on any atom is -0.454 e. The molecule has 1 aliphatic heterocycles. The molecule has 0 saturated carbocycles. The average Bonchev–Trinajstić information content (AvgIpc) is 2.62. The predicted octanol–water partition coefficient (Wildman–Crippen LogP) is 0.796. The number of hydrogen-bond acceptors (Lipinski definition) is 4. The van der Waals surface area contributed by atoms with E-state index < -0.39 is 6.10 Å². The number of rotatable bonds is 2. The van der Waals surface area contributed by atoms with Crippen LogP contribution in [0, 0.1) is 0 Å². The van der Waals surface area contributed by atoms with Gasteiger partial charge in [-0.1, -0.05) is 6.07 Å². The molecule has 1 aromatic carbocycles. The number of aliphatic hydroxyl groups excluding tert-OH is 1. The van der Waals surface area contributed by atoms with Gasteiger partial charge in [0, 0.05) is 6.04 Å². The molecule has 0 fully saturated rings. The van der Waals surface area contributed by atoms with Gasteiger partial charge in [0.15, 0.2) is 11.5 Å². The molecule has 0 saturated heterocycles. The van der Waals surface area contributed by atoms with Crippen molar-refractivity contribution in [1.82, 2.24) is 0 Å². The SMILES string of the molecule is C[C@@H](N)[C@H](O)c1ccc2c(c1)OCO2. The van der Waals surface area contributed by atoms with E-state index in [1.165, 1.54) is 0 Å². The summed E-state index contributed by atoms with van der Waals surface area (Å²) >= 11 is 0. The van der Waals surface area contributed by atoms with E-state index in [-0.39, 0.29) is 12.8 Å². The van der Waals surface area contributed by atoms with Gasteiger partial charge in [0.05, 0.1) is 6.10 Å². The Balaban J connectivity index is 2.28. The van der Waals surface area contributed by atoms with Crippen LogP contribution < -0.4 is 15.2 Å². The number of nitrogens with two attached hydrogens (primary N) is 1. The highest BCUT2D eigenvalue weighted by atomic mass is 16.7. The summed E-state index contributed by atoms with van der Waals surface area (Å²) < 4.78 is 10.4. The molecule has 1 aliphatic rings. The van der Waals surface area contributed by atoms with Crippen LogP contribution in [0.4, 0.5) is 0 Å². The molecule has 3 N–H and O–H groups in total. The van der Waals surface area contributed by atoms with Crippen LogP contribution in [0.25, 0.3) is 0 Å². The summed E-state index contributed by atoms with van der Waals surface area (Å²) in [4.78, 5) is 0. The van der Waals surface area contributed by atoms with Gasteiger partial charge in [0.1, 0.15) is 0 Å². The summed E-state index contributed by atoms with van der Waals surface area (Å²) in [5, 5.41) is 9.71. The lowest BCUT2D eigenvalue weighted by molar-refractivity contribution is 0.152. The molecule has 0 aliphatic carbocycles. The maximum Gasteiger partial charge on any atom is 0.231 e. The Hall–Kier alpha value is -1.26. The first kappa shape index (κ1) is 9.30. The third-order valence-corrected chi connectivity index (χ3v) is 2.24. The Morgan fingerprint density at radius 2 is 2.07 bits per heavy atom. The summed E-state index contributed by atoms with van der Waals surface area (Å²) in [5.74, 6) is 1.38. The predicted molar refractivity (Wildman–Crippen MR) is 51.2 cm³/mol.